The van der Waals surface area contributed by atoms with Crippen LogP contribution in [0.25, 0.3) is 0 Å². The van der Waals surface area contributed by atoms with Gasteiger partial charge in [-0.3, -0.25) is 9.59 Å². The van der Waals surface area contributed by atoms with Gasteiger partial charge in [0.25, 0.3) is 0 Å². The van der Waals surface area contributed by atoms with E-state index in [-0.39, 0.29) is 23.0 Å². The molecule has 0 bridgehead atoms. The van der Waals surface area contributed by atoms with Crippen LogP contribution < -0.4 is 0 Å². The summed E-state index contributed by atoms with van der Waals surface area (Å²) in [6, 6.07) is 0. The molecule has 0 aliphatic heterocycles. The normalized spacial score (nSPS) is 38.6. The van der Waals surface area contributed by atoms with E-state index in [1.54, 1.807) is 0 Å². The fraction of sp³-hybridized carbons (Fsp3) is 0.769. The van der Waals surface area contributed by atoms with Gasteiger partial charge in [0.05, 0.1) is 0 Å². The molecule has 2 saturated carbocycles. The summed E-state index contributed by atoms with van der Waals surface area (Å²) in [5, 5.41) is 0. The Labute approximate surface area is 95.6 Å². The third-order valence-corrected chi connectivity index (χ3v) is 4.52. The van der Waals surface area contributed by atoms with E-state index in [0.717, 1.165) is 12.7 Å². The van der Waals surface area contributed by atoms with E-state index >= 15 is 0 Å². The second-order valence-electron chi connectivity index (χ2n) is 5.30. The van der Waals surface area contributed by atoms with E-state index in [4.69, 9.17) is 0 Å². The van der Waals surface area contributed by atoms with Gasteiger partial charge in [0.2, 0.25) is 0 Å². The number of aldehydes is 1. The molecule has 3 atom stereocenters. The van der Waals surface area contributed by atoms with Crippen molar-refractivity contribution in [2.45, 2.75) is 45.4 Å². The lowest BCUT2D eigenvalue weighted by molar-refractivity contribution is -0.136. The summed E-state index contributed by atoms with van der Waals surface area (Å²) in [4.78, 5) is 34.2. The summed E-state index contributed by atoms with van der Waals surface area (Å²) >= 11 is 0. The van der Waals surface area contributed by atoms with Gasteiger partial charge in [-0.15, -0.1) is 0 Å². The molecule has 0 aromatic carbocycles. The van der Waals surface area contributed by atoms with Crippen molar-refractivity contribution in [3.8, 4) is 0 Å². The van der Waals surface area contributed by atoms with E-state index in [1.165, 1.54) is 0 Å². The quantitative estimate of drug-likeness (QED) is 0.685. The number of carbonyl (C=O) groups excluding carboxylic acids is 3. The molecule has 2 fully saturated rings. The van der Waals surface area contributed by atoms with Gasteiger partial charge in [0, 0.05) is 30.6 Å². The molecule has 0 aromatic rings. The molecule has 0 heterocycles. The SMILES string of the molecule is C[C@]12CCC(=O)[C@@H](CCC=O)[C@@H]1CCC2=O. The van der Waals surface area contributed by atoms with E-state index in [2.05, 4.69) is 0 Å². The first-order chi connectivity index (χ1) is 7.59. The highest BCUT2D eigenvalue weighted by atomic mass is 16.1. The maximum atomic E-state index is 11.9. The fourth-order valence-electron chi connectivity index (χ4n) is 3.47. The molecule has 0 N–H and O–H groups in total. The van der Waals surface area contributed by atoms with Gasteiger partial charge in [-0.2, -0.15) is 0 Å². The van der Waals surface area contributed by atoms with Crippen molar-refractivity contribution >= 4 is 17.9 Å². The van der Waals surface area contributed by atoms with Gasteiger partial charge < -0.3 is 4.79 Å². The van der Waals surface area contributed by atoms with Crippen LogP contribution in [0.2, 0.25) is 0 Å². The Hall–Kier alpha value is -0.990. The minimum Gasteiger partial charge on any atom is -0.303 e. The molecule has 0 spiro atoms. The lowest BCUT2D eigenvalue weighted by Gasteiger charge is -2.39. The lowest BCUT2D eigenvalue weighted by Crippen LogP contribution is -2.41. The van der Waals surface area contributed by atoms with Crippen LogP contribution in [-0.4, -0.2) is 17.9 Å². The minimum atomic E-state index is -0.276. The molecule has 16 heavy (non-hydrogen) atoms. The summed E-state index contributed by atoms with van der Waals surface area (Å²) in [7, 11) is 0. The molecule has 88 valence electrons. The van der Waals surface area contributed by atoms with Gasteiger partial charge in [0.15, 0.2) is 0 Å². The monoisotopic (exact) mass is 222 g/mol. The Bertz CT molecular complexity index is 334. The number of fused-ring (bicyclic) bond motifs is 1. The molecule has 3 heteroatoms. The first-order valence-electron chi connectivity index (χ1n) is 6.09. The van der Waals surface area contributed by atoms with Crippen LogP contribution in [-0.2, 0) is 14.4 Å². The number of hydrogen-bond acceptors (Lipinski definition) is 3. The second-order valence-corrected chi connectivity index (χ2v) is 5.30. The summed E-state index contributed by atoms with van der Waals surface area (Å²) in [6.45, 7) is 2.01. The van der Waals surface area contributed by atoms with E-state index < -0.39 is 0 Å². The van der Waals surface area contributed by atoms with Crippen molar-refractivity contribution in [2.24, 2.45) is 17.3 Å². The maximum absolute atomic E-state index is 11.9. The van der Waals surface area contributed by atoms with Crippen molar-refractivity contribution in [1.82, 2.24) is 0 Å². The van der Waals surface area contributed by atoms with Crippen LogP contribution in [0.4, 0.5) is 0 Å². The minimum absolute atomic E-state index is 0.0459. The zero-order valence-corrected chi connectivity index (χ0v) is 9.70. The van der Waals surface area contributed by atoms with E-state index in [0.29, 0.717) is 37.9 Å². The standard InChI is InChI=1S/C13H18O3/c1-13-7-6-11(15)9(3-2-8-14)10(13)4-5-12(13)16/h8-10H,2-7H2,1H3/t9-,10-,13-/m0/s1. The van der Waals surface area contributed by atoms with Gasteiger partial charge in [-0.05, 0) is 25.2 Å². The largest absolute Gasteiger partial charge is 0.303 e. The third-order valence-electron chi connectivity index (χ3n) is 4.52. The summed E-state index contributed by atoms with van der Waals surface area (Å²) < 4.78 is 0. The molecule has 2 aliphatic carbocycles. The Morgan fingerprint density at radius 1 is 1.38 bits per heavy atom. The number of hydrogen-bond donors (Lipinski definition) is 0. The van der Waals surface area contributed by atoms with E-state index in [9.17, 15) is 14.4 Å². The van der Waals surface area contributed by atoms with Crippen molar-refractivity contribution in [3.63, 3.8) is 0 Å². The number of ketones is 2. The summed E-state index contributed by atoms with van der Waals surface area (Å²) in [5.41, 5.74) is -0.276. The molecule has 0 aromatic heterocycles. The lowest BCUT2D eigenvalue weighted by atomic mass is 9.62. The van der Waals surface area contributed by atoms with Crippen molar-refractivity contribution in [1.29, 1.82) is 0 Å². The smallest absolute Gasteiger partial charge is 0.139 e. The maximum Gasteiger partial charge on any atom is 0.139 e. The molecular weight excluding hydrogens is 204 g/mol. The molecule has 0 unspecified atom stereocenters. The van der Waals surface area contributed by atoms with Gasteiger partial charge in [-0.25, -0.2) is 0 Å². The average molecular weight is 222 g/mol. The van der Waals surface area contributed by atoms with Crippen LogP contribution in [0.1, 0.15) is 45.4 Å². The van der Waals surface area contributed by atoms with Gasteiger partial charge >= 0.3 is 0 Å². The predicted molar refractivity (Wildman–Crippen MR) is 58.9 cm³/mol. The van der Waals surface area contributed by atoms with Crippen LogP contribution >= 0.6 is 0 Å². The fourth-order valence-corrected chi connectivity index (χ4v) is 3.47. The second kappa shape index (κ2) is 4.11. The topological polar surface area (TPSA) is 51.2 Å². The van der Waals surface area contributed by atoms with Crippen LogP contribution in [0, 0.1) is 17.3 Å². The molecule has 0 radical (unpaired) electrons. The average Bonchev–Trinajstić information content (AvgIpc) is 2.56. The Balaban J connectivity index is 2.19. The molecular formula is C13H18O3. The zero-order valence-electron chi connectivity index (χ0n) is 9.70. The molecule has 2 rings (SSSR count). The number of Topliss-reactive ketones (excluding diaryl/α,β-unsaturated/α-hetero) is 2. The summed E-state index contributed by atoms with van der Waals surface area (Å²) in [6.07, 6.45) is 4.63. The first-order valence-corrected chi connectivity index (χ1v) is 6.09. The van der Waals surface area contributed by atoms with E-state index in [1.807, 2.05) is 6.92 Å². The highest BCUT2D eigenvalue weighted by Crippen LogP contribution is 2.52. The highest BCUT2D eigenvalue weighted by molar-refractivity contribution is 5.92. The predicted octanol–water partition coefficient (Wildman–Crippen LogP) is 1.93. The Morgan fingerprint density at radius 2 is 2.12 bits per heavy atom. The number of rotatable bonds is 3. The highest BCUT2D eigenvalue weighted by Gasteiger charge is 2.53. The number of carbonyl (C=O) groups is 3. The zero-order chi connectivity index (χ0) is 11.8. The molecule has 2 aliphatic rings. The van der Waals surface area contributed by atoms with Gasteiger partial charge in [0.1, 0.15) is 17.9 Å². The molecule has 3 nitrogen and oxygen atoms in total. The molecule has 0 amide bonds. The van der Waals surface area contributed by atoms with Crippen LogP contribution in [0.3, 0.4) is 0 Å². The van der Waals surface area contributed by atoms with Crippen molar-refractivity contribution < 1.29 is 14.4 Å². The summed E-state index contributed by atoms with van der Waals surface area (Å²) in [5.74, 6) is 0.733. The first kappa shape index (κ1) is 11.5. The Morgan fingerprint density at radius 3 is 2.81 bits per heavy atom. The van der Waals surface area contributed by atoms with Crippen molar-refractivity contribution in [2.75, 3.05) is 0 Å². The Kier molecular flexibility index (Phi) is 2.96. The third kappa shape index (κ3) is 1.62. The molecule has 0 saturated heterocycles. The van der Waals surface area contributed by atoms with Crippen molar-refractivity contribution in [3.05, 3.63) is 0 Å². The van der Waals surface area contributed by atoms with Crippen LogP contribution in [0.5, 0.6) is 0 Å². The van der Waals surface area contributed by atoms with Crippen LogP contribution in [0.15, 0.2) is 0 Å². The van der Waals surface area contributed by atoms with Gasteiger partial charge in [-0.1, -0.05) is 6.92 Å².